The van der Waals surface area contributed by atoms with Gasteiger partial charge in [-0.25, -0.2) is 4.98 Å². The van der Waals surface area contributed by atoms with Crippen molar-refractivity contribution in [2.45, 2.75) is 116 Å². The summed E-state index contributed by atoms with van der Waals surface area (Å²) >= 11 is 0. The van der Waals surface area contributed by atoms with Crippen molar-refractivity contribution < 1.29 is 32.6 Å². The quantitative estimate of drug-likeness (QED) is 0.178. The van der Waals surface area contributed by atoms with E-state index < -0.39 is 8.32 Å². The van der Waals surface area contributed by atoms with Crippen LogP contribution >= 0.6 is 0 Å². The first kappa shape index (κ1) is 31.3. The fraction of sp³-hybridized carbons (Fsp3) is 0.667. The van der Waals surface area contributed by atoms with Crippen LogP contribution in [0.1, 0.15) is 91.0 Å². The number of methoxy groups -OCH3 is 1. The number of esters is 1. The van der Waals surface area contributed by atoms with E-state index in [1.54, 1.807) is 13.4 Å². The zero-order chi connectivity index (χ0) is 28.6. The van der Waals surface area contributed by atoms with Crippen LogP contribution < -0.4 is 4.74 Å². The minimum atomic E-state index is -2.12. The Hall–Kier alpha value is -2.20. The number of oxazole rings is 1. The van der Waals surface area contributed by atoms with Gasteiger partial charge in [0.2, 0.25) is 14.2 Å². The van der Waals surface area contributed by atoms with Crippen LogP contribution in [0.25, 0.3) is 0 Å². The number of ether oxygens (including phenoxy) is 4. The van der Waals surface area contributed by atoms with Gasteiger partial charge < -0.3 is 27.8 Å². The maximum Gasteiger partial charge on any atom is 0.308 e. The number of aromatic nitrogens is 1. The molecule has 3 atom stereocenters. The van der Waals surface area contributed by atoms with Gasteiger partial charge in [0.05, 0.1) is 39.0 Å². The molecule has 1 aromatic carbocycles. The molecule has 1 saturated heterocycles. The summed E-state index contributed by atoms with van der Waals surface area (Å²) in [5.74, 6) is 1.04. The van der Waals surface area contributed by atoms with E-state index in [4.69, 9.17) is 27.8 Å². The number of benzene rings is 1. The maximum absolute atomic E-state index is 12.4. The lowest BCUT2D eigenvalue weighted by atomic mass is 9.98. The summed E-state index contributed by atoms with van der Waals surface area (Å²) in [5, 5.41) is 0. The van der Waals surface area contributed by atoms with Gasteiger partial charge in [-0.3, -0.25) is 4.79 Å². The van der Waals surface area contributed by atoms with Crippen LogP contribution in [0.3, 0.4) is 0 Å². The highest BCUT2D eigenvalue weighted by atomic mass is 28.4. The lowest BCUT2D eigenvalue weighted by molar-refractivity contribution is -0.152. The monoisotopic (exact) mass is 561 g/mol. The van der Waals surface area contributed by atoms with Gasteiger partial charge in [-0.05, 0) is 47.7 Å². The van der Waals surface area contributed by atoms with Crippen molar-refractivity contribution in [2.75, 3.05) is 13.7 Å². The van der Waals surface area contributed by atoms with Gasteiger partial charge >= 0.3 is 5.97 Å². The molecule has 8 nitrogen and oxygen atoms in total. The molecule has 2 aromatic rings. The van der Waals surface area contributed by atoms with Crippen molar-refractivity contribution in [3.63, 3.8) is 0 Å². The average Bonchev–Trinajstić information content (AvgIpc) is 3.36. The lowest BCUT2D eigenvalue weighted by Crippen LogP contribution is -2.52. The fourth-order valence-corrected chi connectivity index (χ4v) is 11.6. The Labute approximate surface area is 234 Å². The standard InChI is InChI=1S/C30H47NO7Si/c1-9-35-30(32)16-25-14-26(38-39(20(2)3,21(4)5)22(6)7)15-28(37-25)27-18-36-29(31-27)19-34-17-23-10-12-24(33-8)13-11-23/h10-13,18,20-22,25-26,28H,9,14-17,19H2,1-8H3/t25-,26+,28+/m0/s1. The first-order valence-corrected chi connectivity index (χ1v) is 16.4. The largest absolute Gasteiger partial charge is 0.497 e. The van der Waals surface area contributed by atoms with Gasteiger partial charge in [0.15, 0.2) is 0 Å². The van der Waals surface area contributed by atoms with Crippen LogP contribution in [0.5, 0.6) is 5.75 Å². The van der Waals surface area contributed by atoms with Crippen LogP contribution in [0, 0.1) is 0 Å². The molecule has 1 aliphatic rings. The van der Waals surface area contributed by atoms with E-state index in [0.29, 0.717) is 54.3 Å². The predicted octanol–water partition coefficient (Wildman–Crippen LogP) is 7.13. The zero-order valence-electron chi connectivity index (χ0n) is 24.9. The van der Waals surface area contributed by atoms with E-state index in [-0.39, 0.29) is 37.3 Å². The Morgan fingerprint density at radius 3 is 2.28 bits per heavy atom. The predicted molar refractivity (Wildman–Crippen MR) is 152 cm³/mol. The average molecular weight is 562 g/mol. The Balaban J connectivity index is 1.72. The van der Waals surface area contributed by atoms with Crippen molar-refractivity contribution in [3.8, 4) is 5.75 Å². The van der Waals surface area contributed by atoms with Gasteiger partial charge in [0, 0.05) is 6.42 Å². The highest BCUT2D eigenvalue weighted by Crippen LogP contribution is 2.45. The van der Waals surface area contributed by atoms with E-state index >= 15 is 0 Å². The Kier molecular flexibility index (Phi) is 11.6. The minimum Gasteiger partial charge on any atom is -0.497 e. The molecule has 39 heavy (non-hydrogen) atoms. The third kappa shape index (κ3) is 8.16. The third-order valence-corrected chi connectivity index (χ3v) is 13.8. The SMILES string of the molecule is CCOC(=O)C[C@@H]1C[C@@H](O[Si](C(C)C)(C(C)C)C(C)C)C[C@H](c2coc(COCc3ccc(OC)cc3)n2)O1. The molecular weight excluding hydrogens is 514 g/mol. The molecule has 1 fully saturated rings. The summed E-state index contributed by atoms with van der Waals surface area (Å²) in [6.45, 7) is 16.6. The van der Waals surface area contributed by atoms with E-state index in [2.05, 4.69) is 46.5 Å². The highest BCUT2D eigenvalue weighted by molar-refractivity contribution is 6.77. The van der Waals surface area contributed by atoms with Crippen molar-refractivity contribution in [1.82, 2.24) is 4.98 Å². The molecule has 9 heteroatoms. The molecule has 1 aliphatic heterocycles. The van der Waals surface area contributed by atoms with Crippen molar-refractivity contribution >= 4 is 14.3 Å². The molecule has 0 N–H and O–H groups in total. The van der Waals surface area contributed by atoms with E-state index in [1.807, 2.05) is 31.2 Å². The number of hydrogen-bond donors (Lipinski definition) is 0. The smallest absolute Gasteiger partial charge is 0.308 e. The third-order valence-electron chi connectivity index (χ3n) is 7.69. The Morgan fingerprint density at radius 1 is 1.03 bits per heavy atom. The molecule has 0 unspecified atom stereocenters. The fourth-order valence-electron chi connectivity index (χ4n) is 6.01. The minimum absolute atomic E-state index is 0.0338. The molecule has 0 aliphatic carbocycles. The summed E-state index contributed by atoms with van der Waals surface area (Å²) in [4.78, 5) is 17.0. The summed E-state index contributed by atoms with van der Waals surface area (Å²) in [5.41, 5.74) is 3.12. The van der Waals surface area contributed by atoms with Gasteiger partial charge in [-0.15, -0.1) is 0 Å². The first-order chi connectivity index (χ1) is 18.6. The summed E-state index contributed by atoms with van der Waals surface area (Å²) in [6.07, 6.45) is 2.48. The normalized spacial score (nSPS) is 20.1. The van der Waals surface area contributed by atoms with E-state index in [9.17, 15) is 4.79 Å². The van der Waals surface area contributed by atoms with Crippen LogP contribution in [0.15, 0.2) is 34.9 Å². The highest BCUT2D eigenvalue weighted by Gasteiger charge is 2.48. The molecule has 0 bridgehead atoms. The van der Waals surface area contributed by atoms with Gasteiger partial charge in [-0.2, -0.15) is 0 Å². The van der Waals surface area contributed by atoms with E-state index in [0.717, 1.165) is 11.3 Å². The van der Waals surface area contributed by atoms with Crippen LogP contribution in [0.2, 0.25) is 16.6 Å². The van der Waals surface area contributed by atoms with Crippen molar-refractivity contribution in [1.29, 1.82) is 0 Å². The summed E-state index contributed by atoms with van der Waals surface area (Å²) in [7, 11) is -0.479. The molecule has 2 heterocycles. The van der Waals surface area contributed by atoms with Crippen LogP contribution in [-0.4, -0.2) is 45.2 Å². The Bertz CT molecular complexity index is 999. The first-order valence-electron chi connectivity index (χ1n) is 14.2. The second-order valence-electron chi connectivity index (χ2n) is 11.3. The maximum atomic E-state index is 12.4. The van der Waals surface area contributed by atoms with Crippen LogP contribution in [-0.2, 0) is 36.6 Å². The Morgan fingerprint density at radius 2 is 1.69 bits per heavy atom. The molecule has 218 valence electrons. The molecule has 0 amide bonds. The molecule has 3 rings (SSSR count). The number of carbonyl (C=O) groups excluding carboxylic acids is 1. The lowest BCUT2D eigenvalue weighted by Gasteiger charge is -2.47. The molecule has 0 spiro atoms. The second kappa shape index (κ2) is 14.4. The van der Waals surface area contributed by atoms with E-state index in [1.165, 1.54) is 0 Å². The van der Waals surface area contributed by atoms with Gasteiger partial charge in [-0.1, -0.05) is 53.7 Å². The number of hydrogen-bond acceptors (Lipinski definition) is 8. The molecule has 0 saturated carbocycles. The number of carbonyl (C=O) groups is 1. The van der Waals surface area contributed by atoms with Crippen molar-refractivity contribution in [3.05, 3.63) is 47.7 Å². The van der Waals surface area contributed by atoms with Crippen LogP contribution in [0.4, 0.5) is 0 Å². The molecule has 1 aromatic heterocycles. The number of rotatable bonds is 14. The second-order valence-corrected chi connectivity index (χ2v) is 16.7. The summed E-state index contributed by atoms with van der Waals surface area (Å²) < 4.78 is 35.5. The molecular formula is C30H47NO7Si. The summed E-state index contributed by atoms with van der Waals surface area (Å²) in [6, 6.07) is 7.74. The van der Waals surface area contributed by atoms with Gasteiger partial charge in [0.1, 0.15) is 30.4 Å². The topological polar surface area (TPSA) is 89.3 Å². The molecule has 0 radical (unpaired) electrons. The van der Waals surface area contributed by atoms with Gasteiger partial charge in [0.25, 0.3) is 0 Å². The zero-order valence-corrected chi connectivity index (χ0v) is 25.9. The van der Waals surface area contributed by atoms with Crippen molar-refractivity contribution in [2.24, 2.45) is 0 Å². The number of nitrogens with zero attached hydrogens (tertiary/aromatic N) is 1.